The molecule has 5 saturated carbocycles. The van der Waals surface area contributed by atoms with E-state index in [2.05, 4.69) is 17.3 Å². The number of methoxy groups -OCH3 is 3. The van der Waals surface area contributed by atoms with Crippen molar-refractivity contribution in [3.05, 3.63) is 29.8 Å². The van der Waals surface area contributed by atoms with E-state index in [9.17, 15) is 24.9 Å². The van der Waals surface area contributed by atoms with E-state index in [0.29, 0.717) is 30.6 Å². The second kappa shape index (κ2) is 9.06. The van der Waals surface area contributed by atoms with E-state index in [1.165, 1.54) is 14.0 Å². The first kappa shape index (κ1) is 28.8. The number of hydrogen-bond acceptors (Lipinski definition) is 9. The highest BCUT2D eigenvalue weighted by atomic mass is 16.5. The number of carbonyl (C=O) groups excluding carboxylic acids is 2. The minimum Gasteiger partial charge on any atom is -0.386 e. The molecule has 4 N–H and O–H groups in total. The van der Waals surface area contributed by atoms with Crippen LogP contribution in [0.4, 0.5) is 5.69 Å². The van der Waals surface area contributed by atoms with Gasteiger partial charge in [0.25, 0.3) is 0 Å². The van der Waals surface area contributed by atoms with Gasteiger partial charge in [-0.15, -0.1) is 0 Å². The van der Waals surface area contributed by atoms with Gasteiger partial charge in [0.15, 0.2) is 5.78 Å². The Morgan fingerprint density at radius 3 is 2.40 bits per heavy atom. The van der Waals surface area contributed by atoms with Gasteiger partial charge < -0.3 is 39.7 Å². The number of Topliss-reactive ketones (excluding diaryl/α,β-unsaturated/α-hetero) is 1. The maximum Gasteiger partial charge on any atom is 0.221 e. The zero-order valence-electron chi connectivity index (χ0n) is 25.1. The smallest absolute Gasteiger partial charge is 0.221 e. The van der Waals surface area contributed by atoms with Gasteiger partial charge in [-0.05, 0) is 56.2 Å². The zero-order chi connectivity index (χ0) is 30.0. The normalized spacial score (nSPS) is 50.0. The van der Waals surface area contributed by atoms with Crippen molar-refractivity contribution in [2.24, 2.45) is 28.6 Å². The summed E-state index contributed by atoms with van der Waals surface area (Å²) in [5.41, 5.74) is -4.81. The Balaban J connectivity index is 1.38. The Hall–Kier alpha value is -1.92. The Labute approximate surface area is 246 Å². The van der Waals surface area contributed by atoms with Crippen molar-refractivity contribution in [3.63, 3.8) is 0 Å². The van der Waals surface area contributed by atoms with Crippen molar-refractivity contribution in [2.75, 3.05) is 40.2 Å². The summed E-state index contributed by atoms with van der Waals surface area (Å²) in [6.45, 7) is 2.11. The number of piperidine rings is 1. The number of ketones is 1. The lowest BCUT2D eigenvalue weighted by atomic mass is 9.41. The standard InChI is InChI=1S/C32H44N2O8/c1-17(35)33-20-9-7-6-8-18(20)21(36)13-28-11-10-24(40-3)31-22(28)12-19(26(31)34(2)16-28)30(38)15-25(41-4)29(37)14-23(31)32(30,39)27(29)42-5/h6-9,19,22-27,37-39H,10-16H2,1-5H3,(H,33,35)/t19?,22-,23+,24?,25?,26-,27?,28?,29+,30+,31?,32+/m1/s1. The van der Waals surface area contributed by atoms with Crippen LogP contribution in [0.5, 0.6) is 0 Å². The van der Waals surface area contributed by atoms with Gasteiger partial charge in [-0.25, -0.2) is 0 Å². The van der Waals surface area contributed by atoms with Crippen LogP contribution in [0.25, 0.3) is 0 Å². The summed E-state index contributed by atoms with van der Waals surface area (Å²) in [4.78, 5) is 28.4. The fraction of sp³-hybridized carbons (Fsp3) is 0.750. The van der Waals surface area contributed by atoms with Gasteiger partial charge >= 0.3 is 0 Å². The summed E-state index contributed by atoms with van der Waals surface area (Å²) in [6, 6.07) is 7.04. The second-order valence-corrected chi connectivity index (χ2v) is 14.2. The number of para-hydroxylation sites is 1. The Morgan fingerprint density at radius 1 is 1.02 bits per heavy atom. The van der Waals surface area contributed by atoms with E-state index < -0.39 is 45.8 Å². The molecule has 1 amide bonds. The molecule has 230 valence electrons. The highest BCUT2D eigenvalue weighted by Gasteiger charge is 2.90. The van der Waals surface area contributed by atoms with Crippen molar-refractivity contribution in [2.45, 2.75) is 86.6 Å². The summed E-state index contributed by atoms with van der Waals surface area (Å²) < 4.78 is 18.0. The van der Waals surface area contributed by atoms with Gasteiger partial charge in [0, 0.05) is 76.5 Å². The average molecular weight is 585 g/mol. The molecule has 42 heavy (non-hydrogen) atoms. The van der Waals surface area contributed by atoms with Crippen LogP contribution in [0, 0.1) is 28.6 Å². The minimum atomic E-state index is -1.71. The number of likely N-dealkylation sites (tertiary alicyclic amines) is 1. The molecule has 1 saturated heterocycles. The summed E-state index contributed by atoms with van der Waals surface area (Å²) in [6.07, 6.45) is 0.758. The third kappa shape index (κ3) is 3.09. The molecule has 10 nitrogen and oxygen atoms in total. The maximum atomic E-state index is 14.2. The average Bonchev–Trinajstić information content (AvgIpc) is 3.35. The van der Waals surface area contributed by atoms with E-state index in [1.54, 1.807) is 32.4 Å². The molecule has 7 bridgehead atoms. The summed E-state index contributed by atoms with van der Waals surface area (Å²) >= 11 is 0. The Morgan fingerprint density at radius 2 is 1.74 bits per heavy atom. The van der Waals surface area contributed by atoms with E-state index in [1.807, 2.05) is 6.07 Å². The maximum absolute atomic E-state index is 14.2. The van der Waals surface area contributed by atoms with Crippen LogP contribution >= 0.6 is 0 Å². The second-order valence-electron chi connectivity index (χ2n) is 14.2. The quantitative estimate of drug-likeness (QED) is 0.352. The molecule has 1 aliphatic heterocycles. The van der Waals surface area contributed by atoms with Gasteiger partial charge in [-0.1, -0.05) is 12.1 Å². The lowest BCUT2D eigenvalue weighted by Crippen LogP contribution is -2.83. The number of fused-ring (bicyclic) bond motifs is 2. The van der Waals surface area contributed by atoms with Crippen LogP contribution in [0.3, 0.4) is 0 Å². The highest BCUT2D eigenvalue weighted by Crippen LogP contribution is 2.81. The van der Waals surface area contributed by atoms with Crippen LogP contribution in [-0.4, -0.2) is 108 Å². The number of carbonyl (C=O) groups is 2. The number of nitrogens with zero attached hydrogens (tertiary/aromatic N) is 1. The molecule has 1 spiro atoms. The predicted molar refractivity (Wildman–Crippen MR) is 152 cm³/mol. The predicted octanol–water partition coefficient (Wildman–Crippen LogP) is 1.61. The molecule has 0 radical (unpaired) electrons. The van der Waals surface area contributed by atoms with Crippen LogP contribution in [0.2, 0.25) is 0 Å². The number of nitrogens with one attached hydrogen (secondary N) is 1. The van der Waals surface area contributed by atoms with Crippen molar-refractivity contribution in [3.8, 4) is 0 Å². The topological polar surface area (TPSA) is 138 Å². The minimum absolute atomic E-state index is 0.0312. The zero-order valence-corrected chi connectivity index (χ0v) is 25.1. The number of amides is 1. The van der Waals surface area contributed by atoms with Crippen molar-refractivity contribution in [1.29, 1.82) is 0 Å². The summed E-state index contributed by atoms with van der Waals surface area (Å²) in [5.74, 6) is -1.16. The van der Waals surface area contributed by atoms with Crippen LogP contribution in [0.15, 0.2) is 24.3 Å². The fourth-order valence-corrected chi connectivity index (χ4v) is 12.1. The molecule has 0 aromatic heterocycles. The van der Waals surface area contributed by atoms with Crippen LogP contribution < -0.4 is 5.32 Å². The van der Waals surface area contributed by atoms with E-state index in [-0.39, 0.29) is 54.9 Å². The number of benzene rings is 1. The Kier molecular flexibility index (Phi) is 6.22. The number of ether oxygens (including phenoxy) is 3. The highest BCUT2D eigenvalue weighted by molar-refractivity contribution is 6.04. The largest absolute Gasteiger partial charge is 0.386 e. The van der Waals surface area contributed by atoms with Gasteiger partial charge in [0.1, 0.15) is 22.9 Å². The number of aliphatic hydroxyl groups is 3. The van der Waals surface area contributed by atoms with Gasteiger partial charge in [-0.3, -0.25) is 9.59 Å². The van der Waals surface area contributed by atoms with Gasteiger partial charge in [0.2, 0.25) is 5.91 Å². The molecule has 1 aromatic rings. The molecule has 5 aliphatic carbocycles. The molecule has 1 aromatic carbocycles. The van der Waals surface area contributed by atoms with Crippen molar-refractivity contribution < 1.29 is 39.1 Å². The number of anilines is 1. The molecule has 7 rings (SSSR count). The molecular weight excluding hydrogens is 540 g/mol. The van der Waals surface area contributed by atoms with Crippen LogP contribution in [0.1, 0.15) is 55.8 Å². The van der Waals surface area contributed by atoms with Gasteiger partial charge in [0.05, 0.1) is 17.9 Å². The van der Waals surface area contributed by atoms with E-state index >= 15 is 0 Å². The summed E-state index contributed by atoms with van der Waals surface area (Å²) in [5, 5.41) is 40.6. The van der Waals surface area contributed by atoms with Crippen molar-refractivity contribution in [1.82, 2.24) is 4.90 Å². The first-order valence-electron chi connectivity index (χ1n) is 15.2. The molecule has 10 heteroatoms. The first-order chi connectivity index (χ1) is 19.9. The SMILES string of the molecule is COC1CCC2(CC(=O)c3ccccc3NC(C)=O)CN(C)[C@@H]3C4C[C@H]2C13[C@@H]1C[C@]2(O)C(OC)C[C@@]4(O)[C@@]1(O)C2OC. The van der Waals surface area contributed by atoms with Gasteiger partial charge in [-0.2, -0.15) is 0 Å². The third-order valence-electron chi connectivity index (χ3n) is 13.0. The lowest BCUT2D eigenvalue weighted by Gasteiger charge is -2.71. The molecule has 6 aliphatic rings. The number of rotatable bonds is 7. The fourth-order valence-electron chi connectivity index (χ4n) is 12.1. The van der Waals surface area contributed by atoms with E-state index in [0.717, 1.165) is 6.42 Å². The monoisotopic (exact) mass is 584 g/mol. The molecule has 1 heterocycles. The third-order valence-corrected chi connectivity index (χ3v) is 13.0. The molecule has 12 atom stereocenters. The molecule has 6 unspecified atom stereocenters. The molecular formula is C32H44N2O8. The molecule has 6 fully saturated rings. The van der Waals surface area contributed by atoms with E-state index in [4.69, 9.17) is 14.2 Å². The number of hydrogen-bond donors (Lipinski definition) is 4. The summed E-state index contributed by atoms with van der Waals surface area (Å²) in [7, 11) is 6.82. The van der Waals surface area contributed by atoms with Crippen molar-refractivity contribution >= 4 is 17.4 Å². The Bertz CT molecular complexity index is 1320. The first-order valence-corrected chi connectivity index (χ1v) is 15.2. The van der Waals surface area contributed by atoms with Crippen LogP contribution in [-0.2, 0) is 19.0 Å². The lowest BCUT2D eigenvalue weighted by molar-refractivity contribution is -0.343.